The topological polar surface area (TPSA) is 54.8 Å². The molecule has 0 aliphatic carbocycles. The minimum atomic E-state index is 0.879. The zero-order valence-electron chi connectivity index (χ0n) is 17.5. The van der Waals surface area contributed by atoms with Crippen LogP contribution in [-0.4, -0.2) is 28.1 Å². The number of nitrogens with one attached hydrogen (secondary N) is 2. The minimum absolute atomic E-state index is 0.879. The molecule has 3 heterocycles. The van der Waals surface area contributed by atoms with Gasteiger partial charge in [-0.05, 0) is 47.2 Å². The number of pyridine rings is 1. The molecule has 0 unspecified atom stereocenters. The van der Waals surface area contributed by atoms with Crippen LogP contribution in [0, 0.1) is 0 Å². The zero-order valence-corrected chi connectivity index (χ0v) is 17.5. The Morgan fingerprint density at radius 3 is 2.73 bits per heavy atom. The minimum Gasteiger partial charge on any atom is -0.373 e. The van der Waals surface area contributed by atoms with Gasteiger partial charge in [0.05, 0.1) is 18.2 Å². The molecular formula is C25H27N5. The third-order valence-electron chi connectivity index (χ3n) is 5.44. The van der Waals surface area contributed by atoms with E-state index in [1.54, 1.807) is 0 Å². The van der Waals surface area contributed by atoms with Gasteiger partial charge in [-0.3, -0.25) is 0 Å². The second-order valence-corrected chi connectivity index (χ2v) is 7.43. The Labute approximate surface area is 177 Å². The van der Waals surface area contributed by atoms with Crippen LogP contribution in [0.1, 0.15) is 16.7 Å². The van der Waals surface area contributed by atoms with Gasteiger partial charge in [-0.1, -0.05) is 43.0 Å². The number of hydrogen-bond donors (Lipinski definition) is 2. The Kier molecular flexibility index (Phi) is 5.91. The van der Waals surface area contributed by atoms with Crippen molar-refractivity contribution in [3.05, 3.63) is 84.5 Å². The predicted octanol–water partition coefficient (Wildman–Crippen LogP) is 4.65. The molecule has 1 aliphatic rings. The summed E-state index contributed by atoms with van der Waals surface area (Å²) in [5.74, 6) is 0.879. The highest BCUT2D eigenvalue weighted by atomic mass is 15.0. The average Bonchev–Trinajstić information content (AvgIpc) is 3.24. The van der Waals surface area contributed by atoms with E-state index in [0.717, 1.165) is 42.0 Å². The van der Waals surface area contributed by atoms with Gasteiger partial charge < -0.3 is 15.2 Å². The lowest BCUT2D eigenvalue weighted by Gasteiger charge is -2.16. The van der Waals surface area contributed by atoms with Crippen molar-refractivity contribution in [1.29, 1.82) is 0 Å². The second-order valence-electron chi connectivity index (χ2n) is 7.43. The maximum Gasteiger partial charge on any atom is 0.126 e. The highest BCUT2D eigenvalue weighted by molar-refractivity contribution is 5.87. The van der Waals surface area contributed by atoms with Crippen LogP contribution in [0.2, 0.25) is 0 Å². The Bertz CT molecular complexity index is 1180. The number of rotatable bonds is 3. The SMILES string of the molecule is C=Cc1ccc2c(c1)CNCC2.CNc1cc2cc(-c3cncn3C)ccc2cn1. The highest BCUT2D eigenvalue weighted by Gasteiger charge is 2.07. The summed E-state index contributed by atoms with van der Waals surface area (Å²) in [7, 11) is 3.87. The smallest absolute Gasteiger partial charge is 0.126 e. The van der Waals surface area contributed by atoms with Crippen molar-refractivity contribution < 1.29 is 0 Å². The summed E-state index contributed by atoms with van der Waals surface area (Å²) in [5.41, 5.74) is 6.41. The van der Waals surface area contributed by atoms with Crippen molar-refractivity contribution >= 4 is 22.7 Å². The van der Waals surface area contributed by atoms with E-state index in [4.69, 9.17) is 0 Å². The number of aryl methyl sites for hydroxylation is 1. The third kappa shape index (κ3) is 4.26. The average molecular weight is 398 g/mol. The molecule has 2 aromatic heterocycles. The molecule has 0 amide bonds. The van der Waals surface area contributed by atoms with E-state index in [2.05, 4.69) is 69.6 Å². The molecule has 0 spiro atoms. The van der Waals surface area contributed by atoms with Crippen LogP contribution in [0.4, 0.5) is 5.82 Å². The molecule has 0 bridgehead atoms. The normalized spacial score (nSPS) is 12.6. The van der Waals surface area contributed by atoms with Crippen LogP contribution >= 0.6 is 0 Å². The molecule has 0 atom stereocenters. The summed E-state index contributed by atoms with van der Waals surface area (Å²) in [6.07, 6.45) is 8.63. The summed E-state index contributed by atoms with van der Waals surface area (Å²) >= 11 is 0. The monoisotopic (exact) mass is 397 g/mol. The second kappa shape index (κ2) is 8.93. The highest BCUT2D eigenvalue weighted by Crippen LogP contribution is 2.24. The summed E-state index contributed by atoms with van der Waals surface area (Å²) in [5, 5.41) is 8.73. The van der Waals surface area contributed by atoms with Gasteiger partial charge in [-0.15, -0.1) is 0 Å². The van der Waals surface area contributed by atoms with Crippen LogP contribution < -0.4 is 10.6 Å². The fourth-order valence-corrected chi connectivity index (χ4v) is 3.70. The van der Waals surface area contributed by atoms with Gasteiger partial charge >= 0.3 is 0 Å². The summed E-state index contributed by atoms with van der Waals surface area (Å²) in [6, 6.07) is 15.0. The molecule has 2 aromatic carbocycles. The van der Waals surface area contributed by atoms with Gasteiger partial charge in [0.25, 0.3) is 0 Å². The van der Waals surface area contributed by atoms with Gasteiger partial charge in [-0.25, -0.2) is 9.97 Å². The molecule has 0 saturated heterocycles. The van der Waals surface area contributed by atoms with Crippen molar-refractivity contribution in [2.45, 2.75) is 13.0 Å². The number of aromatic nitrogens is 3. The van der Waals surface area contributed by atoms with E-state index in [0.29, 0.717) is 0 Å². The van der Waals surface area contributed by atoms with Crippen LogP contribution in [-0.2, 0) is 20.0 Å². The van der Waals surface area contributed by atoms with Crippen molar-refractivity contribution in [2.24, 2.45) is 7.05 Å². The van der Waals surface area contributed by atoms with Crippen molar-refractivity contribution in [3.63, 3.8) is 0 Å². The molecule has 5 heteroatoms. The molecule has 0 radical (unpaired) electrons. The van der Waals surface area contributed by atoms with Gasteiger partial charge in [-0.2, -0.15) is 0 Å². The largest absolute Gasteiger partial charge is 0.373 e. The van der Waals surface area contributed by atoms with Crippen LogP contribution in [0.15, 0.2) is 67.8 Å². The van der Waals surface area contributed by atoms with Crippen molar-refractivity contribution in [1.82, 2.24) is 19.9 Å². The zero-order chi connectivity index (χ0) is 20.9. The Morgan fingerprint density at radius 2 is 1.97 bits per heavy atom. The van der Waals surface area contributed by atoms with Gasteiger partial charge in [0.1, 0.15) is 5.82 Å². The van der Waals surface area contributed by atoms with E-state index in [1.165, 1.54) is 22.1 Å². The molecule has 0 fully saturated rings. The summed E-state index contributed by atoms with van der Waals surface area (Å²) in [4.78, 5) is 8.46. The Morgan fingerprint density at radius 1 is 1.07 bits per heavy atom. The van der Waals surface area contributed by atoms with Crippen molar-refractivity contribution in [3.8, 4) is 11.3 Å². The number of nitrogens with zero attached hydrogens (tertiary/aromatic N) is 3. The first-order valence-electron chi connectivity index (χ1n) is 10.2. The molecule has 0 saturated carbocycles. The Balaban J connectivity index is 0.000000158. The molecule has 30 heavy (non-hydrogen) atoms. The number of benzene rings is 2. The first-order valence-corrected chi connectivity index (χ1v) is 10.2. The lowest BCUT2D eigenvalue weighted by atomic mass is 9.99. The molecule has 5 rings (SSSR count). The first kappa shape index (κ1) is 19.9. The Hall–Kier alpha value is -3.44. The van der Waals surface area contributed by atoms with Gasteiger partial charge in [0.15, 0.2) is 0 Å². The molecule has 2 N–H and O–H groups in total. The van der Waals surface area contributed by atoms with E-state index in [9.17, 15) is 0 Å². The first-order chi connectivity index (χ1) is 14.7. The van der Waals surface area contributed by atoms with Crippen LogP contribution in [0.5, 0.6) is 0 Å². The fourth-order valence-electron chi connectivity index (χ4n) is 3.70. The standard InChI is InChI=1S/C14H14N4.C11H13N/c1-15-14-6-12-5-10(3-4-11(12)7-17-14)13-8-16-9-18(13)2;1-2-9-3-4-10-5-6-12-8-11(10)7-9/h3-9H,1-2H3,(H,15,17);2-4,7,12H,1,5-6,8H2. The predicted molar refractivity (Wildman–Crippen MR) is 125 cm³/mol. The maximum absolute atomic E-state index is 4.31. The van der Waals surface area contributed by atoms with Gasteiger partial charge in [0.2, 0.25) is 0 Å². The van der Waals surface area contributed by atoms with E-state index in [1.807, 2.05) is 43.5 Å². The summed E-state index contributed by atoms with van der Waals surface area (Å²) in [6.45, 7) is 5.88. The van der Waals surface area contributed by atoms with Gasteiger partial charge in [0, 0.05) is 37.8 Å². The molecule has 1 aliphatic heterocycles. The lowest BCUT2D eigenvalue weighted by Crippen LogP contribution is -2.23. The molecule has 4 aromatic rings. The third-order valence-corrected chi connectivity index (χ3v) is 5.44. The number of hydrogen-bond acceptors (Lipinski definition) is 4. The fraction of sp³-hybridized carbons (Fsp3) is 0.200. The summed E-state index contributed by atoms with van der Waals surface area (Å²) < 4.78 is 2.02. The van der Waals surface area contributed by atoms with Crippen LogP contribution in [0.3, 0.4) is 0 Å². The van der Waals surface area contributed by atoms with E-state index in [-0.39, 0.29) is 0 Å². The molecule has 152 valence electrons. The quantitative estimate of drug-likeness (QED) is 0.528. The number of fused-ring (bicyclic) bond motifs is 2. The van der Waals surface area contributed by atoms with Crippen LogP contribution in [0.25, 0.3) is 28.1 Å². The lowest BCUT2D eigenvalue weighted by molar-refractivity contribution is 0.643. The van der Waals surface area contributed by atoms with E-state index >= 15 is 0 Å². The maximum atomic E-state index is 4.31. The molecular weight excluding hydrogens is 370 g/mol. The molecule has 5 nitrogen and oxygen atoms in total. The van der Waals surface area contributed by atoms with E-state index < -0.39 is 0 Å². The number of imidazole rings is 1. The van der Waals surface area contributed by atoms with Crippen molar-refractivity contribution in [2.75, 3.05) is 18.9 Å². The number of anilines is 1.